The van der Waals surface area contributed by atoms with Gasteiger partial charge in [0.1, 0.15) is 0 Å². The minimum Gasteiger partial charge on any atom is -0.478 e. The van der Waals surface area contributed by atoms with E-state index in [1.54, 1.807) is 22.7 Å². The van der Waals surface area contributed by atoms with Crippen molar-refractivity contribution < 1.29 is 9.90 Å². The molecule has 1 aromatic carbocycles. The molecule has 0 aliphatic rings. The van der Waals surface area contributed by atoms with Crippen molar-refractivity contribution in [3.8, 4) is 20.2 Å². The molecule has 0 amide bonds. The molecule has 0 saturated heterocycles. The van der Waals surface area contributed by atoms with E-state index in [-0.39, 0.29) is 0 Å². The molecule has 2 nitrogen and oxygen atoms in total. The van der Waals surface area contributed by atoms with Gasteiger partial charge in [-0.25, -0.2) is 4.79 Å². The van der Waals surface area contributed by atoms with Gasteiger partial charge in [-0.1, -0.05) is 6.07 Å². The summed E-state index contributed by atoms with van der Waals surface area (Å²) < 4.78 is 0. The Balaban J connectivity index is 2.04. The Bertz CT molecular complexity index is 775. The molecular weight excluding hydrogens is 300 g/mol. The highest BCUT2D eigenvalue weighted by Gasteiger charge is 2.13. The van der Waals surface area contributed by atoms with E-state index < -0.39 is 5.97 Å². The Kier molecular flexibility index (Phi) is 3.66. The van der Waals surface area contributed by atoms with Crippen molar-refractivity contribution in [1.29, 1.82) is 0 Å². The molecule has 2 aromatic heterocycles. The lowest BCUT2D eigenvalue weighted by Gasteiger charge is -2.08. The fraction of sp³-hybridized carbons (Fsp3) is 0.118. The monoisotopic (exact) mass is 314 g/mol. The fourth-order valence-corrected chi connectivity index (χ4v) is 4.32. The molecule has 0 aliphatic heterocycles. The lowest BCUT2D eigenvalue weighted by Crippen LogP contribution is -2.03. The number of thiophene rings is 2. The Hall–Kier alpha value is -1.91. The first-order valence-electron chi connectivity index (χ1n) is 6.55. The lowest BCUT2D eigenvalue weighted by atomic mass is 9.99. The van der Waals surface area contributed by atoms with Crippen LogP contribution in [0, 0.1) is 13.8 Å². The van der Waals surface area contributed by atoms with E-state index >= 15 is 0 Å². The number of aryl methyl sites for hydroxylation is 2. The smallest absolute Gasteiger partial charge is 0.336 e. The summed E-state index contributed by atoms with van der Waals surface area (Å²) in [6.45, 7) is 3.71. The topological polar surface area (TPSA) is 37.3 Å². The highest BCUT2D eigenvalue weighted by atomic mass is 32.1. The van der Waals surface area contributed by atoms with Crippen LogP contribution >= 0.6 is 22.7 Å². The Morgan fingerprint density at radius 1 is 1.00 bits per heavy atom. The molecule has 0 spiro atoms. The summed E-state index contributed by atoms with van der Waals surface area (Å²) in [6.07, 6.45) is 0. The maximum atomic E-state index is 11.3. The summed E-state index contributed by atoms with van der Waals surface area (Å²) in [5.41, 5.74) is 3.11. The summed E-state index contributed by atoms with van der Waals surface area (Å²) in [6, 6.07) is 12.3. The first kappa shape index (κ1) is 14.0. The molecule has 0 aliphatic carbocycles. The van der Waals surface area contributed by atoms with Gasteiger partial charge in [0.05, 0.1) is 5.56 Å². The van der Waals surface area contributed by atoms with Crippen LogP contribution in [0.2, 0.25) is 0 Å². The molecular formula is C17H14O2S2. The largest absolute Gasteiger partial charge is 0.478 e. The third kappa shape index (κ3) is 2.64. The molecule has 0 atom stereocenters. The van der Waals surface area contributed by atoms with Crippen molar-refractivity contribution in [2.24, 2.45) is 0 Å². The van der Waals surface area contributed by atoms with Crippen LogP contribution in [0.4, 0.5) is 0 Å². The number of carboxylic acid groups (broad SMARTS) is 1. The number of hydrogen-bond acceptors (Lipinski definition) is 3. The van der Waals surface area contributed by atoms with E-state index in [1.807, 2.05) is 26.0 Å². The van der Waals surface area contributed by atoms with Crippen LogP contribution in [0.25, 0.3) is 20.2 Å². The van der Waals surface area contributed by atoms with Crippen LogP contribution in [0.15, 0.2) is 41.8 Å². The molecule has 21 heavy (non-hydrogen) atoms. The van der Waals surface area contributed by atoms with E-state index in [9.17, 15) is 9.90 Å². The van der Waals surface area contributed by atoms with Crippen molar-refractivity contribution in [2.75, 3.05) is 0 Å². The summed E-state index contributed by atoms with van der Waals surface area (Å²) in [5.74, 6) is -0.859. The van der Waals surface area contributed by atoms with Gasteiger partial charge in [0.2, 0.25) is 0 Å². The predicted molar refractivity (Wildman–Crippen MR) is 89.5 cm³/mol. The van der Waals surface area contributed by atoms with Crippen molar-refractivity contribution >= 4 is 28.6 Å². The van der Waals surface area contributed by atoms with Gasteiger partial charge >= 0.3 is 5.97 Å². The van der Waals surface area contributed by atoms with E-state index in [1.165, 1.54) is 14.6 Å². The summed E-state index contributed by atoms with van der Waals surface area (Å²) in [7, 11) is 0. The average Bonchev–Trinajstić information content (AvgIpc) is 3.08. The normalized spacial score (nSPS) is 10.8. The third-order valence-corrected chi connectivity index (χ3v) is 5.60. The maximum Gasteiger partial charge on any atom is 0.336 e. The minimum atomic E-state index is -0.859. The van der Waals surface area contributed by atoms with Crippen LogP contribution in [0.1, 0.15) is 21.5 Å². The molecule has 0 unspecified atom stereocenters. The Labute approximate surface area is 131 Å². The van der Waals surface area contributed by atoms with Crippen molar-refractivity contribution in [3.63, 3.8) is 0 Å². The van der Waals surface area contributed by atoms with E-state index in [0.29, 0.717) is 5.56 Å². The zero-order valence-electron chi connectivity index (χ0n) is 11.7. The van der Waals surface area contributed by atoms with Crippen molar-refractivity contribution in [2.45, 2.75) is 13.8 Å². The van der Waals surface area contributed by atoms with Gasteiger partial charge in [0.25, 0.3) is 0 Å². The predicted octanol–water partition coefficient (Wildman–Crippen LogP) is 5.46. The molecule has 3 aromatic rings. The number of benzene rings is 1. The quantitative estimate of drug-likeness (QED) is 0.697. The van der Waals surface area contributed by atoms with Crippen molar-refractivity contribution in [1.82, 2.24) is 0 Å². The third-order valence-electron chi connectivity index (χ3n) is 3.40. The number of aromatic carboxylic acids is 1. The fourth-order valence-electron chi connectivity index (χ4n) is 2.49. The number of hydrogen-bond donors (Lipinski definition) is 1. The van der Waals surface area contributed by atoms with Crippen LogP contribution in [0.3, 0.4) is 0 Å². The second kappa shape index (κ2) is 5.47. The standard InChI is InChI=1S/C17H14O2S2/c1-10-8-12(9-11(2)16(10)17(18)19)13-5-6-15(21-13)14-4-3-7-20-14/h3-9H,1-2H3,(H,18,19). The van der Waals surface area contributed by atoms with Crippen molar-refractivity contribution in [3.05, 3.63) is 58.5 Å². The van der Waals surface area contributed by atoms with Crippen LogP contribution < -0.4 is 0 Å². The van der Waals surface area contributed by atoms with Crippen LogP contribution in [0.5, 0.6) is 0 Å². The first-order valence-corrected chi connectivity index (χ1v) is 8.24. The average molecular weight is 314 g/mol. The van der Waals surface area contributed by atoms with Gasteiger partial charge in [0.15, 0.2) is 0 Å². The van der Waals surface area contributed by atoms with E-state index in [4.69, 9.17) is 0 Å². The van der Waals surface area contributed by atoms with Crippen LogP contribution in [-0.2, 0) is 0 Å². The summed E-state index contributed by atoms with van der Waals surface area (Å²) >= 11 is 3.47. The second-order valence-corrected chi connectivity index (χ2v) is 6.96. The first-order chi connectivity index (χ1) is 10.1. The summed E-state index contributed by atoms with van der Waals surface area (Å²) in [4.78, 5) is 14.9. The molecule has 2 heterocycles. The highest BCUT2D eigenvalue weighted by molar-refractivity contribution is 7.23. The Morgan fingerprint density at radius 2 is 1.67 bits per heavy atom. The zero-order chi connectivity index (χ0) is 15.0. The van der Waals surface area contributed by atoms with Crippen LogP contribution in [-0.4, -0.2) is 11.1 Å². The molecule has 106 valence electrons. The second-order valence-electron chi connectivity index (χ2n) is 4.93. The van der Waals surface area contributed by atoms with E-state index in [0.717, 1.165) is 16.7 Å². The molecule has 0 fully saturated rings. The number of carbonyl (C=O) groups is 1. The van der Waals surface area contributed by atoms with Gasteiger partial charge in [-0.3, -0.25) is 0 Å². The summed E-state index contributed by atoms with van der Waals surface area (Å²) in [5, 5.41) is 11.3. The van der Waals surface area contributed by atoms with Gasteiger partial charge in [-0.2, -0.15) is 0 Å². The molecule has 0 saturated carbocycles. The van der Waals surface area contributed by atoms with Gasteiger partial charge < -0.3 is 5.11 Å². The molecule has 0 radical (unpaired) electrons. The van der Waals surface area contributed by atoms with Gasteiger partial charge in [-0.15, -0.1) is 22.7 Å². The maximum absolute atomic E-state index is 11.3. The molecule has 3 rings (SSSR count). The lowest BCUT2D eigenvalue weighted by molar-refractivity contribution is 0.0695. The molecule has 4 heteroatoms. The molecule has 1 N–H and O–H groups in total. The zero-order valence-corrected chi connectivity index (χ0v) is 13.3. The minimum absolute atomic E-state index is 0.411. The molecule has 0 bridgehead atoms. The number of rotatable bonds is 3. The van der Waals surface area contributed by atoms with Gasteiger partial charge in [0, 0.05) is 14.6 Å². The SMILES string of the molecule is Cc1cc(-c2ccc(-c3cccs3)s2)cc(C)c1C(=O)O. The van der Waals surface area contributed by atoms with E-state index in [2.05, 4.69) is 29.6 Å². The highest BCUT2D eigenvalue weighted by Crippen LogP contribution is 2.37. The number of carboxylic acids is 1. The van der Waals surface area contributed by atoms with Gasteiger partial charge in [-0.05, 0) is 66.2 Å². The Morgan fingerprint density at radius 3 is 2.24 bits per heavy atom.